The van der Waals surface area contributed by atoms with Gasteiger partial charge in [0.2, 0.25) is 17.6 Å². The van der Waals surface area contributed by atoms with Crippen LogP contribution in [0, 0.1) is 0 Å². The molecule has 5 nitrogen and oxygen atoms in total. The number of aromatic amines is 1. The van der Waals surface area contributed by atoms with Gasteiger partial charge in [-0.25, -0.2) is 0 Å². The molecule has 0 atom stereocenters. The molecule has 0 saturated heterocycles. The highest BCUT2D eigenvalue weighted by Gasteiger charge is 2.33. The Hall–Kier alpha value is -2.39. The van der Waals surface area contributed by atoms with E-state index < -0.39 is 30.2 Å². The number of hydrogen-bond donors (Lipinski definition) is 1. The van der Waals surface area contributed by atoms with Crippen LogP contribution in [0.2, 0.25) is 0 Å². The number of alkyl halides is 5. The molecular weight excluding hydrogens is 289 g/mol. The van der Waals surface area contributed by atoms with Crippen molar-refractivity contribution in [1.82, 2.24) is 15.2 Å². The minimum Gasteiger partial charge on any atom is -0.419 e. The van der Waals surface area contributed by atoms with Crippen molar-refractivity contribution in [2.24, 2.45) is 0 Å². The van der Waals surface area contributed by atoms with Crippen molar-refractivity contribution in [1.29, 1.82) is 0 Å². The van der Waals surface area contributed by atoms with Crippen LogP contribution < -0.4 is 9.47 Å². The molecule has 0 unspecified atom stereocenters. The fraction of sp³-hybridized carbons (Fsp3) is 0.200. The van der Waals surface area contributed by atoms with Crippen molar-refractivity contribution in [3.05, 3.63) is 30.0 Å². The first-order valence-electron chi connectivity index (χ1n) is 5.07. The highest BCUT2D eigenvalue weighted by atomic mass is 19.4. The van der Waals surface area contributed by atoms with Gasteiger partial charge >= 0.3 is 12.8 Å². The maximum Gasteiger partial charge on any atom is 0.432 e. The van der Waals surface area contributed by atoms with Crippen LogP contribution in [0.4, 0.5) is 22.0 Å². The Morgan fingerprint density at radius 3 is 2.40 bits per heavy atom. The number of halogens is 5. The highest BCUT2D eigenvalue weighted by molar-refractivity contribution is 5.25. The van der Waals surface area contributed by atoms with Gasteiger partial charge in [0.15, 0.2) is 0 Å². The SMILES string of the molecule is FC(F)Oc1cccc(Oc2cc(C(F)(F)F)[nH]n2)n1. The smallest absolute Gasteiger partial charge is 0.419 e. The van der Waals surface area contributed by atoms with Gasteiger partial charge in [-0.2, -0.15) is 26.9 Å². The van der Waals surface area contributed by atoms with Crippen LogP contribution >= 0.6 is 0 Å². The van der Waals surface area contributed by atoms with E-state index in [0.29, 0.717) is 6.07 Å². The summed E-state index contributed by atoms with van der Waals surface area (Å²) < 4.78 is 69.8. The van der Waals surface area contributed by atoms with Crippen LogP contribution in [-0.2, 0) is 6.18 Å². The third-order valence-corrected chi connectivity index (χ3v) is 1.98. The maximum absolute atomic E-state index is 12.3. The zero-order chi connectivity index (χ0) is 14.8. The first-order chi connectivity index (χ1) is 9.34. The minimum atomic E-state index is -4.59. The predicted molar refractivity (Wildman–Crippen MR) is 54.5 cm³/mol. The molecule has 0 aromatic carbocycles. The molecule has 0 aliphatic heterocycles. The van der Waals surface area contributed by atoms with Crippen molar-refractivity contribution < 1.29 is 31.4 Å². The second kappa shape index (κ2) is 5.31. The number of pyridine rings is 1. The Morgan fingerprint density at radius 1 is 1.10 bits per heavy atom. The van der Waals surface area contributed by atoms with Gasteiger partial charge in [0.1, 0.15) is 5.69 Å². The summed E-state index contributed by atoms with van der Waals surface area (Å²) in [7, 11) is 0. The molecule has 0 radical (unpaired) electrons. The zero-order valence-corrected chi connectivity index (χ0v) is 9.49. The predicted octanol–water partition coefficient (Wildman–Crippen LogP) is 3.22. The molecule has 0 bridgehead atoms. The van der Waals surface area contributed by atoms with E-state index in [0.717, 1.165) is 6.07 Å². The topological polar surface area (TPSA) is 60.0 Å². The summed E-state index contributed by atoms with van der Waals surface area (Å²) in [6.45, 7) is -3.07. The Morgan fingerprint density at radius 2 is 1.80 bits per heavy atom. The third-order valence-electron chi connectivity index (χ3n) is 1.98. The summed E-state index contributed by atoms with van der Waals surface area (Å²) in [4.78, 5) is 3.52. The lowest BCUT2D eigenvalue weighted by Gasteiger charge is -2.05. The maximum atomic E-state index is 12.3. The van der Waals surface area contributed by atoms with E-state index in [4.69, 9.17) is 4.74 Å². The van der Waals surface area contributed by atoms with E-state index in [1.807, 2.05) is 0 Å². The lowest BCUT2D eigenvalue weighted by atomic mass is 10.4. The number of ether oxygens (including phenoxy) is 2. The first-order valence-corrected chi connectivity index (χ1v) is 5.07. The molecule has 0 spiro atoms. The Labute approximate surface area is 108 Å². The van der Waals surface area contributed by atoms with Crippen molar-refractivity contribution in [2.45, 2.75) is 12.8 Å². The van der Waals surface area contributed by atoms with Gasteiger partial charge in [-0.1, -0.05) is 6.07 Å². The van der Waals surface area contributed by atoms with Gasteiger partial charge in [0.05, 0.1) is 0 Å². The van der Waals surface area contributed by atoms with Crippen molar-refractivity contribution in [2.75, 3.05) is 0 Å². The van der Waals surface area contributed by atoms with E-state index in [1.54, 1.807) is 5.10 Å². The van der Waals surface area contributed by atoms with Gasteiger partial charge in [-0.05, 0) is 0 Å². The minimum absolute atomic E-state index is 0.233. The number of rotatable bonds is 4. The number of H-pyrrole nitrogens is 1. The van der Waals surface area contributed by atoms with Gasteiger partial charge < -0.3 is 9.47 Å². The second-order valence-electron chi connectivity index (χ2n) is 3.41. The Balaban J connectivity index is 2.12. The molecular formula is C10H6F5N3O2. The first kappa shape index (κ1) is 14.0. The average Bonchev–Trinajstić information content (AvgIpc) is 2.76. The zero-order valence-electron chi connectivity index (χ0n) is 9.49. The van der Waals surface area contributed by atoms with E-state index in [2.05, 4.69) is 14.8 Å². The van der Waals surface area contributed by atoms with Crippen LogP contribution in [0.3, 0.4) is 0 Å². The average molecular weight is 295 g/mol. The van der Waals surface area contributed by atoms with Crippen LogP contribution in [0.1, 0.15) is 5.69 Å². The lowest BCUT2D eigenvalue weighted by molar-refractivity contribution is -0.141. The van der Waals surface area contributed by atoms with Crippen LogP contribution in [0.15, 0.2) is 24.3 Å². The molecule has 1 N–H and O–H groups in total. The van der Waals surface area contributed by atoms with Gasteiger partial charge in [-0.3, -0.25) is 5.10 Å². The molecule has 2 aromatic heterocycles. The summed E-state index contributed by atoms with van der Waals surface area (Å²) >= 11 is 0. The van der Waals surface area contributed by atoms with Gasteiger partial charge in [0.25, 0.3) is 0 Å². The Bertz CT molecular complexity index is 584. The van der Waals surface area contributed by atoms with Crippen LogP contribution in [0.25, 0.3) is 0 Å². The molecule has 2 aromatic rings. The van der Waals surface area contributed by atoms with E-state index in [-0.39, 0.29) is 5.88 Å². The molecule has 2 rings (SSSR count). The van der Waals surface area contributed by atoms with Crippen LogP contribution in [0.5, 0.6) is 17.6 Å². The standard InChI is InChI=1S/C10H6F5N3O2/c11-9(12)20-7-3-1-2-6(16-7)19-8-4-5(17-18-8)10(13,14)15/h1-4,9H,(H,17,18). The van der Waals surface area contributed by atoms with Crippen molar-refractivity contribution >= 4 is 0 Å². The number of aromatic nitrogens is 3. The number of hydrogen-bond acceptors (Lipinski definition) is 4. The number of nitrogens with one attached hydrogen (secondary N) is 1. The van der Waals surface area contributed by atoms with Gasteiger partial charge in [0, 0.05) is 18.2 Å². The molecule has 0 aliphatic rings. The van der Waals surface area contributed by atoms with E-state index >= 15 is 0 Å². The van der Waals surface area contributed by atoms with E-state index in [1.165, 1.54) is 12.1 Å². The quantitative estimate of drug-likeness (QED) is 0.880. The molecule has 10 heteroatoms. The summed E-state index contributed by atoms with van der Waals surface area (Å²) in [5.41, 5.74) is -1.10. The normalized spacial score (nSPS) is 11.7. The molecule has 0 saturated carbocycles. The monoisotopic (exact) mass is 295 g/mol. The highest BCUT2D eigenvalue weighted by Crippen LogP contribution is 2.30. The molecule has 0 aliphatic carbocycles. The summed E-state index contributed by atoms with van der Waals surface area (Å²) in [5, 5.41) is 5.01. The van der Waals surface area contributed by atoms with Crippen LogP contribution in [-0.4, -0.2) is 21.8 Å². The summed E-state index contributed by atoms with van der Waals surface area (Å²) in [6, 6.07) is 4.30. The lowest BCUT2D eigenvalue weighted by Crippen LogP contribution is -2.04. The van der Waals surface area contributed by atoms with E-state index in [9.17, 15) is 22.0 Å². The van der Waals surface area contributed by atoms with Crippen molar-refractivity contribution in [3.8, 4) is 17.6 Å². The number of nitrogens with zero attached hydrogens (tertiary/aromatic N) is 2. The fourth-order valence-corrected chi connectivity index (χ4v) is 1.22. The largest absolute Gasteiger partial charge is 0.432 e. The molecule has 0 amide bonds. The summed E-state index contributed by atoms with van der Waals surface area (Å²) in [6.07, 6.45) is -4.59. The van der Waals surface area contributed by atoms with Gasteiger partial charge in [-0.15, -0.1) is 5.10 Å². The molecule has 2 heterocycles. The molecule has 20 heavy (non-hydrogen) atoms. The summed E-state index contributed by atoms with van der Waals surface area (Å²) in [5.74, 6) is -1.06. The fourth-order valence-electron chi connectivity index (χ4n) is 1.22. The second-order valence-corrected chi connectivity index (χ2v) is 3.41. The molecule has 108 valence electrons. The third kappa shape index (κ3) is 3.56. The molecule has 0 fully saturated rings. The Kier molecular flexibility index (Phi) is 3.72. The van der Waals surface area contributed by atoms with Crippen molar-refractivity contribution in [3.63, 3.8) is 0 Å².